The van der Waals surface area contributed by atoms with Crippen LogP contribution in [0.25, 0.3) is 0 Å². The highest BCUT2D eigenvalue weighted by Gasteiger charge is 2.38. The summed E-state index contributed by atoms with van der Waals surface area (Å²) in [5, 5.41) is 2.74. The predicted octanol–water partition coefficient (Wildman–Crippen LogP) is 3.98. The van der Waals surface area contributed by atoms with Crippen LogP contribution in [-0.4, -0.2) is 41.7 Å². The number of carbonyl (C=O) groups excluding carboxylic acids is 2. The number of nitrogens with one attached hydrogen (secondary N) is 1. The van der Waals surface area contributed by atoms with Crippen molar-refractivity contribution < 1.29 is 19.1 Å². The molecule has 1 aliphatic rings. The Balaban J connectivity index is 3.00. The van der Waals surface area contributed by atoms with Gasteiger partial charge in [-0.1, -0.05) is 33.8 Å². The molecule has 26 heavy (non-hydrogen) atoms. The van der Waals surface area contributed by atoms with Crippen LogP contribution in [0.5, 0.6) is 0 Å². The van der Waals surface area contributed by atoms with Crippen LogP contribution < -0.4 is 5.32 Å². The van der Waals surface area contributed by atoms with Crippen molar-refractivity contribution in [2.75, 3.05) is 7.11 Å². The maximum Gasteiger partial charge on any atom is 0.408 e. The zero-order valence-corrected chi connectivity index (χ0v) is 17.2. The molecule has 2 unspecified atom stereocenters. The summed E-state index contributed by atoms with van der Waals surface area (Å²) in [4.78, 5) is 27.1. The summed E-state index contributed by atoms with van der Waals surface area (Å²) in [6, 6.07) is -0.856. The van der Waals surface area contributed by atoms with Gasteiger partial charge >= 0.3 is 6.09 Å². The molecule has 0 aliphatic carbocycles. The molecule has 0 fully saturated rings. The Labute approximate surface area is 157 Å². The van der Waals surface area contributed by atoms with Crippen molar-refractivity contribution in [2.24, 2.45) is 5.92 Å². The van der Waals surface area contributed by atoms with Gasteiger partial charge in [0, 0.05) is 11.8 Å². The zero-order chi connectivity index (χ0) is 20.1. The SMILES string of the molecule is C=C1C=C(OC)C(CCC)N1C(=O)C(CC(C)C)NC(=O)OC(C)(C)C. The molecule has 0 saturated heterocycles. The maximum absolute atomic E-state index is 13.2. The maximum atomic E-state index is 13.2. The van der Waals surface area contributed by atoms with Crippen LogP contribution >= 0.6 is 0 Å². The van der Waals surface area contributed by atoms with E-state index in [2.05, 4.69) is 18.8 Å². The molecule has 148 valence electrons. The van der Waals surface area contributed by atoms with Gasteiger partial charge in [0.1, 0.15) is 17.4 Å². The lowest BCUT2D eigenvalue weighted by molar-refractivity contribution is -0.133. The second-order valence-electron chi connectivity index (χ2n) is 8.08. The molecule has 2 atom stereocenters. The smallest absolute Gasteiger partial charge is 0.408 e. The van der Waals surface area contributed by atoms with E-state index in [1.165, 1.54) is 0 Å². The predicted molar refractivity (Wildman–Crippen MR) is 102 cm³/mol. The van der Waals surface area contributed by atoms with Gasteiger partial charge in [0.15, 0.2) is 0 Å². The molecule has 1 N–H and O–H groups in total. The van der Waals surface area contributed by atoms with Crippen molar-refractivity contribution in [3.8, 4) is 0 Å². The van der Waals surface area contributed by atoms with Gasteiger partial charge in [-0.05, 0) is 39.5 Å². The van der Waals surface area contributed by atoms with E-state index in [9.17, 15) is 9.59 Å². The first-order valence-corrected chi connectivity index (χ1v) is 9.27. The van der Waals surface area contributed by atoms with Crippen molar-refractivity contribution in [3.05, 3.63) is 24.1 Å². The van der Waals surface area contributed by atoms with Crippen LogP contribution in [0.2, 0.25) is 0 Å². The van der Waals surface area contributed by atoms with E-state index in [-0.39, 0.29) is 17.9 Å². The third-order valence-corrected chi connectivity index (χ3v) is 3.99. The highest BCUT2D eigenvalue weighted by atomic mass is 16.6. The quantitative estimate of drug-likeness (QED) is 0.740. The van der Waals surface area contributed by atoms with Crippen LogP contribution in [0.3, 0.4) is 0 Å². The summed E-state index contributed by atoms with van der Waals surface area (Å²) >= 11 is 0. The Bertz CT molecular complexity index is 561. The fourth-order valence-electron chi connectivity index (χ4n) is 3.00. The molecule has 6 nitrogen and oxygen atoms in total. The average Bonchev–Trinajstić information content (AvgIpc) is 2.79. The van der Waals surface area contributed by atoms with E-state index in [4.69, 9.17) is 9.47 Å². The number of carbonyl (C=O) groups is 2. The number of hydrogen-bond donors (Lipinski definition) is 1. The standard InChI is InChI=1S/C20H34N2O4/c1-9-10-16-17(25-8)12-14(4)22(16)18(23)15(11-13(2)3)21-19(24)26-20(5,6)7/h12-13,15-16H,4,9-11H2,1-3,5-8H3,(H,21,24). The molecule has 2 amide bonds. The number of alkyl carbamates (subject to hydrolysis) is 1. The molecule has 0 aromatic rings. The van der Waals surface area contributed by atoms with Gasteiger partial charge in [-0.15, -0.1) is 0 Å². The normalized spacial score (nSPS) is 18.6. The largest absolute Gasteiger partial charge is 0.499 e. The summed E-state index contributed by atoms with van der Waals surface area (Å²) in [6.07, 6.45) is 3.39. The first-order chi connectivity index (χ1) is 12.0. The van der Waals surface area contributed by atoms with Crippen molar-refractivity contribution in [2.45, 2.75) is 78.5 Å². The highest BCUT2D eigenvalue weighted by Crippen LogP contribution is 2.30. The number of methoxy groups -OCH3 is 1. The van der Waals surface area contributed by atoms with Gasteiger partial charge in [-0.25, -0.2) is 4.79 Å². The van der Waals surface area contributed by atoms with Crippen molar-refractivity contribution in [3.63, 3.8) is 0 Å². The van der Waals surface area contributed by atoms with E-state index in [1.54, 1.807) is 38.9 Å². The molecule has 0 saturated carbocycles. The Kier molecular flexibility index (Phi) is 7.72. The third kappa shape index (κ3) is 6.07. The van der Waals surface area contributed by atoms with Crippen LogP contribution in [0, 0.1) is 5.92 Å². The van der Waals surface area contributed by atoms with Crippen molar-refractivity contribution in [1.82, 2.24) is 10.2 Å². The molecule has 0 aromatic carbocycles. The van der Waals surface area contributed by atoms with Crippen LogP contribution in [-0.2, 0) is 14.3 Å². The molecular formula is C20H34N2O4. The molecule has 1 rings (SSSR count). The first kappa shape index (κ1) is 22.1. The first-order valence-electron chi connectivity index (χ1n) is 9.27. The van der Waals surface area contributed by atoms with Gasteiger partial charge in [0.2, 0.25) is 5.91 Å². The van der Waals surface area contributed by atoms with E-state index < -0.39 is 17.7 Å². The average molecular weight is 367 g/mol. The summed E-state index contributed by atoms with van der Waals surface area (Å²) in [5.74, 6) is 0.774. The molecule has 0 bridgehead atoms. The number of rotatable bonds is 7. The van der Waals surface area contributed by atoms with E-state index in [0.29, 0.717) is 12.1 Å². The summed E-state index contributed by atoms with van der Waals surface area (Å²) in [6.45, 7) is 15.4. The van der Waals surface area contributed by atoms with Gasteiger partial charge in [0.05, 0.1) is 13.2 Å². The Morgan fingerprint density at radius 2 is 1.96 bits per heavy atom. The molecule has 0 spiro atoms. The Hall–Kier alpha value is -1.98. The van der Waals surface area contributed by atoms with E-state index in [1.807, 2.05) is 13.8 Å². The second-order valence-corrected chi connectivity index (χ2v) is 8.08. The monoisotopic (exact) mass is 366 g/mol. The third-order valence-electron chi connectivity index (χ3n) is 3.99. The molecule has 0 radical (unpaired) electrons. The summed E-state index contributed by atoms with van der Waals surface area (Å²) < 4.78 is 10.8. The summed E-state index contributed by atoms with van der Waals surface area (Å²) in [7, 11) is 1.60. The topological polar surface area (TPSA) is 67.9 Å². The number of allylic oxidation sites excluding steroid dienone is 1. The minimum absolute atomic E-state index is 0.180. The van der Waals surface area contributed by atoms with Crippen molar-refractivity contribution in [1.29, 1.82) is 0 Å². The molecule has 6 heteroatoms. The van der Waals surface area contributed by atoms with E-state index in [0.717, 1.165) is 18.6 Å². The lowest BCUT2D eigenvalue weighted by atomic mass is 10.0. The highest BCUT2D eigenvalue weighted by molar-refractivity contribution is 5.88. The summed E-state index contributed by atoms with van der Waals surface area (Å²) in [5.41, 5.74) is -0.0347. The Morgan fingerprint density at radius 1 is 1.35 bits per heavy atom. The minimum atomic E-state index is -0.675. The fourth-order valence-corrected chi connectivity index (χ4v) is 3.00. The second kappa shape index (κ2) is 9.10. The number of ether oxygens (including phenoxy) is 2. The number of nitrogens with zero attached hydrogens (tertiary/aromatic N) is 1. The number of hydrogen-bond acceptors (Lipinski definition) is 4. The van der Waals surface area contributed by atoms with Gasteiger partial charge < -0.3 is 19.7 Å². The lowest BCUT2D eigenvalue weighted by Gasteiger charge is -2.32. The zero-order valence-electron chi connectivity index (χ0n) is 17.2. The molecule has 0 aromatic heterocycles. The van der Waals surface area contributed by atoms with Gasteiger partial charge in [0.25, 0.3) is 0 Å². The van der Waals surface area contributed by atoms with Gasteiger partial charge in [-0.3, -0.25) is 4.79 Å². The lowest BCUT2D eigenvalue weighted by Crippen LogP contribution is -2.51. The van der Waals surface area contributed by atoms with Gasteiger partial charge in [-0.2, -0.15) is 0 Å². The minimum Gasteiger partial charge on any atom is -0.499 e. The molecule has 1 aliphatic heterocycles. The molecular weight excluding hydrogens is 332 g/mol. The van der Waals surface area contributed by atoms with E-state index >= 15 is 0 Å². The number of amides is 2. The van der Waals surface area contributed by atoms with Crippen LogP contribution in [0.1, 0.15) is 60.8 Å². The molecule has 1 heterocycles. The Morgan fingerprint density at radius 3 is 2.42 bits per heavy atom. The van der Waals surface area contributed by atoms with Crippen molar-refractivity contribution >= 4 is 12.0 Å². The van der Waals surface area contributed by atoms with Crippen LogP contribution in [0.4, 0.5) is 4.79 Å². The fraction of sp³-hybridized carbons (Fsp3) is 0.700. The van der Waals surface area contributed by atoms with Crippen LogP contribution in [0.15, 0.2) is 24.1 Å².